The van der Waals surface area contributed by atoms with Gasteiger partial charge < -0.3 is 4.42 Å². The highest BCUT2D eigenvalue weighted by atomic mass is 32.2. The standard InChI is InChI=1S/C20H18N6O3S/c27-30(28,17-7-1-4-14-5-2-8-23-18(14)17)26-11-3-6-15(13-26)19-24-25-20(29-19)16-12-21-9-10-22-16/h1-2,4-5,7-10,12,15H,3,6,11,13H2/t15-/m0/s1. The van der Waals surface area contributed by atoms with Gasteiger partial charge in [0, 0.05) is 37.1 Å². The van der Waals surface area contributed by atoms with Crippen molar-refractivity contribution in [2.75, 3.05) is 13.1 Å². The third-order valence-electron chi connectivity index (χ3n) is 5.17. The van der Waals surface area contributed by atoms with Gasteiger partial charge in [-0.05, 0) is 25.0 Å². The summed E-state index contributed by atoms with van der Waals surface area (Å²) in [6.45, 7) is 0.709. The molecule has 3 aromatic heterocycles. The van der Waals surface area contributed by atoms with E-state index >= 15 is 0 Å². The fourth-order valence-corrected chi connectivity index (χ4v) is 5.39. The van der Waals surface area contributed by atoms with Gasteiger partial charge in [0.2, 0.25) is 15.9 Å². The second-order valence-electron chi connectivity index (χ2n) is 7.07. The molecule has 0 aliphatic carbocycles. The first-order valence-corrected chi connectivity index (χ1v) is 11.0. The summed E-state index contributed by atoms with van der Waals surface area (Å²) in [6, 6.07) is 8.84. The summed E-state index contributed by atoms with van der Waals surface area (Å²) in [5.74, 6) is 0.498. The Balaban J connectivity index is 1.43. The van der Waals surface area contributed by atoms with Crippen LogP contribution in [-0.4, -0.2) is 51.0 Å². The second kappa shape index (κ2) is 7.54. The minimum atomic E-state index is -3.72. The summed E-state index contributed by atoms with van der Waals surface area (Å²) in [6.07, 6.45) is 7.72. The van der Waals surface area contributed by atoms with Gasteiger partial charge in [-0.25, -0.2) is 13.4 Å². The van der Waals surface area contributed by atoms with Crippen molar-refractivity contribution < 1.29 is 12.8 Å². The Bertz CT molecular complexity index is 1290. The van der Waals surface area contributed by atoms with E-state index in [1.54, 1.807) is 43.0 Å². The number of sulfonamides is 1. The highest BCUT2D eigenvalue weighted by Gasteiger charge is 2.34. The van der Waals surface area contributed by atoms with Crippen LogP contribution in [0, 0.1) is 0 Å². The van der Waals surface area contributed by atoms with Gasteiger partial charge in [-0.1, -0.05) is 18.2 Å². The molecular weight excluding hydrogens is 404 g/mol. The third kappa shape index (κ3) is 3.33. The van der Waals surface area contributed by atoms with E-state index < -0.39 is 10.0 Å². The van der Waals surface area contributed by atoms with Crippen LogP contribution < -0.4 is 0 Å². The van der Waals surface area contributed by atoms with Crippen molar-refractivity contribution >= 4 is 20.9 Å². The number of aromatic nitrogens is 5. The van der Waals surface area contributed by atoms with Crippen molar-refractivity contribution in [2.45, 2.75) is 23.7 Å². The Morgan fingerprint density at radius 1 is 1.03 bits per heavy atom. The molecule has 0 unspecified atom stereocenters. The lowest BCUT2D eigenvalue weighted by atomic mass is 10.00. The predicted molar refractivity (Wildman–Crippen MR) is 108 cm³/mol. The Morgan fingerprint density at radius 2 is 1.93 bits per heavy atom. The minimum Gasteiger partial charge on any atom is -0.419 e. The number of piperidine rings is 1. The summed E-state index contributed by atoms with van der Waals surface area (Å²) >= 11 is 0. The van der Waals surface area contributed by atoms with E-state index in [0.29, 0.717) is 30.1 Å². The molecule has 0 saturated carbocycles. The number of hydrogen-bond acceptors (Lipinski definition) is 8. The van der Waals surface area contributed by atoms with Gasteiger partial charge in [-0.15, -0.1) is 10.2 Å². The number of para-hydroxylation sites is 1. The molecule has 5 rings (SSSR count). The lowest BCUT2D eigenvalue weighted by Gasteiger charge is -2.30. The zero-order chi connectivity index (χ0) is 20.6. The molecule has 30 heavy (non-hydrogen) atoms. The van der Waals surface area contributed by atoms with Crippen LogP contribution in [0.4, 0.5) is 0 Å². The SMILES string of the molecule is O=S(=O)(c1cccc2cccnc12)N1CCC[C@H](c2nnc(-c3cnccn3)o2)C1. The van der Waals surface area contributed by atoms with E-state index in [1.165, 1.54) is 4.31 Å². The van der Waals surface area contributed by atoms with E-state index in [9.17, 15) is 8.42 Å². The first-order chi connectivity index (χ1) is 14.6. The zero-order valence-electron chi connectivity index (χ0n) is 15.9. The van der Waals surface area contributed by atoms with Crippen LogP contribution in [0.2, 0.25) is 0 Å². The zero-order valence-corrected chi connectivity index (χ0v) is 16.7. The number of fused-ring (bicyclic) bond motifs is 1. The average molecular weight is 422 g/mol. The lowest BCUT2D eigenvalue weighted by Crippen LogP contribution is -2.39. The van der Waals surface area contributed by atoms with Crippen LogP contribution in [0.3, 0.4) is 0 Å². The summed E-state index contributed by atoms with van der Waals surface area (Å²) in [5, 5.41) is 8.98. The molecule has 152 valence electrons. The Morgan fingerprint density at radius 3 is 2.80 bits per heavy atom. The number of rotatable bonds is 4. The summed E-state index contributed by atoms with van der Waals surface area (Å²) in [5.41, 5.74) is 0.961. The highest BCUT2D eigenvalue weighted by molar-refractivity contribution is 7.89. The van der Waals surface area contributed by atoms with Crippen molar-refractivity contribution in [3.63, 3.8) is 0 Å². The quantitative estimate of drug-likeness (QED) is 0.493. The molecule has 1 atom stereocenters. The van der Waals surface area contributed by atoms with Gasteiger partial charge in [0.1, 0.15) is 10.6 Å². The van der Waals surface area contributed by atoms with Crippen molar-refractivity contribution in [1.29, 1.82) is 0 Å². The van der Waals surface area contributed by atoms with Gasteiger partial charge >= 0.3 is 0 Å². The molecule has 1 aliphatic heterocycles. The maximum absolute atomic E-state index is 13.4. The number of pyridine rings is 1. The van der Waals surface area contributed by atoms with Crippen LogP contribution >= 0.6 is 0 Å². The fraction of sp³-hybridized carbons (Fsp3) is 0.250. The van der Waals surface area contributed by atoms with Crippen LogP contribution in [0.25, 0.3) is 22.5 Å². The number of benzene rings is 1. The highest BCUT2D eigenvalue weighted by Crippen LogP contribution is 2.32. The molecule has 1 aromatic carbocycles. The molecule has 9 nitrogen and oxygen atoms in total. The van der Waals surface area contributed by atoms with Gasteiger partial charge in [0.15, 0.2) is 0 Å². The summed E-state index contributed by atoms with van der Waals surface area (Å²) in [7, 11) is -3.72. The van der Waals surface area contributed by atoms with E-state index in [0.717, 1.165) is 11.8 Å². The van der Waals surface area contributed by atoms with Crippen LogP contribution in [0.15, 0.2) is 64.4 Å². The Labute approximate surface area is 172 Å². The smallest absolute Gasteiger partial charge is 0.267 e. The summed E-state index contributed by atoms with van der Waals surface area (Å²) < 4.78 is 34.1. The topological polar surface area (TPSA) is 115 Å². The Kier molecular flexibility index (Phi) is 4.72. The molecule has 1 saturated heterocycles. The molecule has 10 heteroatoms. The van der Waals surface area contributed by atoms with E-state index in [1.807, 2.05) is 12.1 Å². The van der Waals surface area contributed by atoms with Crippen molar-refractivity contribution in [3.05, 3.63) is 61.0 Å². The number of hydrogen-bond donors (Lipinski definition) is 0. The van der Waals surface area contributed by atoms with E-state index in [2.05, 4.69) is 25.1 Å². The minimum absolute atomic E-state index is 0.186. The van der Waals surface area contributed by atoms with Crippen LogP contribution in [0.5, 0.6) is 0 Å². The second-order valence-corrected chi connectivity index (χ2v) is 8.98. The largest absolute Gasteiger partial charge is 0.419 e. The lowest BCUT2D eigenvalue weighted by molar-refractivity contribution is 0.286. The number of nitrogens with zero attached hydrogens (tertiary/aromatic N) is 6. The average Bonchev–Trinajstić information content (AvgIpc) is 3.30. The third-order valence-corrected chi connectivity index (χ3v) is 7.07. The maximum atomic E-state index is 13.4. The van der Waals surface area contributed by atoms with Crippen LogP contribution in [-0.2, 0) is 10.0 Å². The summed E-state index contributed by atoms with van der Waals surface area (Å²) in [4.78, 5) is 12.7. The van der Waals surface area contributed by atoms with Crippen molar-refractivity contribution in [3.8, 4) is 11.6 Å². The first-order valence-electron chi connectivity index (χ1n) is 9.56. The molecule has 1 fully saturated rings. The van der Waals surface area contributed by atoms with Gasteiger partial charge in [0.05, 0.1) is 17.6 Å². The van der Waals surface area contributed by atoms with Gasteiger partial charge in [-0.3, -0.25) is 9.97 Å². The molecule has 4 heterocycles. The van der Waals surface area contributed by atoms with Gasteiger partial charge in [-0.2, -0.15) is 4.31 Å². The van der Waals surface area contributed by atoms with E-state index in [-0.39, 0.29) is 23.2 Å². The molecule has 0 N–H and O–H groups in total. The van der Waals surface area contributed by atoms with Crippen LogP contribution in [0.1, 0.15) is 24.7 Å². The molecule has 4 aromatic rings. The normalized spacial score (nSPS) is 17.9. The first kappa shape index (κ1) is 18.8. The molecule has 0 radical (unpaired) electrons. The molecule has 0 amide bonds. The van der Waals surface area contributed by atoms with Gasteiger partial charge in [0.25, 0.3) is 5.89 Å². The Hall–Kier alpha value is -3.24. The van der Waals surface area contributed by atoms with E-state index in [4.69, 9.17) is 4.42 Å². The monoisotopic (exact) mass is 422 g/mol. The molecular formula is C20H18N6O3S. The molecule has 1 aliphatic rings. The molecule has 0 bridgehead atoms. The van der Waals surface area contributed by atoms with Crippen molar-refractivity contribution in [1.82, 2.24) is 29.5 Å². The maximum Gasteiger partial charge on any atom is 0.267 e. The predicted octanol–water partition coefficient (Wildman–Crippen LogP) is 2.64. The molecule has 0 spiro atoms. The fourth-order valence-electron chi connectivity index (χ4n) is 3.70. The van der Waals surface area contributed by atoms with Crippen molar-refractivity contribution in [2.24, 2.45) is 0 Å².